The highest BCUT2D eigenvalue weighted by Crippen LogP contribution is 2.32. The van der Waals surface area contributed by atoms with Gasteiger partial charge in [-0.3, -0.25) is 14.5 Å². The lowest BCUT2D eigenvalue weighted by Gasteiger charge is -2.42. The van der Waals surface area contributed by atoms with Crippen molar-refractivity contribution in [1.82, 2.24) is 14.7 Å². The summed E-state index contributed by atoms with van der Waals surface area (Å²) in [6.45, 7) is 13.2. The van der Waals surface area contributed by atoms with Crippen LogP contribution < -0.4 is 0 Å². The van der Waals surface area contributed by atoms with Crippen molar-refractivity contribution in [2.75, 3.05) is 39.3 Å². The normalized spacial score (nSPS) is 25.2. The van der Waals surface area contributed by atoms with E-state index in [-0.39, 0.29) is 5.92 Å². The van der Waals surface area contributed by atoms with E-state index in [1.165, 1.54) is 0 Å². The molecule has 0 bridgehead atoms. The van der Waals surface area contributed by atoms with Gasteiger partial charge >= 0.3 is 0 Å². The summed E-state index contributed by atoms with van der Waals surface area (Å²) in [6.07, 6.45) is 6.40. The molecule has 2 saturated heterocycles. The van der Waals surface area contributed by atoms with E-state index in [4.69, 9.17) is 0 Å². The predicted molar refractivity (Wildman–Crippen MR) is 104 cm³/mol. The molecule has 1 atom stereocenters. The van der Waals surface area contributed by atoms with Crippen molar-refractivity contribution in [2.24, 2.45) is 11.8 Å². The second kappa shape index (κ2) is 8.55. The molecule has 1 aliphatic carbocycles. The molecule has 0 aromatic heterocycles. The predicted octanol–water partition coefficient (Wildman–Crippen LogP) is 2.52. The number of piperidine rings is 2. The molecule has 2 heterocycles. The van der Waals surface area contributed by atoms with Crippen LogP contribution in [0.4, 0.5) is 0 Å². The number of carbonyl (C=O) groups is 2. The molecule has 3 aliphatic rings. The second-order valence-electron chi connectivity index (χ2n) is 8.47. The molecular formula is C21H35N3O2. The van der Waals surface area contributed by atoms with Crippen molar-refractivity contribution in [1.29, 1.82) is 0 Å². The Balaban J connectivity index is 1.51. The molecule has 1 unspecified atom stereocenters. The minimum Gasteiger partial charge on any atom is -0.342 e. The summed E-state index contributed by atoms with van der Waals surface area (Å²) in [5.74, 6) is 1.13. The quantitative estimate of drug-likeness (QED) is 0.683. The second-order valence-corrected chi connectivity index (χ2v) is 8.47. The number of nitrogens with zero attached hydrogens (tertiary/aromatic N) is 3. The molecule has 0 aromatic rings. The van der Waals surface area contributed by atoms with Crippen LogP contribution in [0.2, 0.25) is 0 Å². The van der Waals surface area contributed by atoms with E-state index in [1.54, 1.807) is 0 Å². The monoisotopic (exact) mass is 361 g/mol. The molecule has 3 rings (SSSR count). The summed E-state index contributed by atoms with van der Waals surface area (Å²) in [7, 11) is 0. The first-order valence-electron chi connectivity index (χ1n) is 10.5. The topological polar surface area (TPSA) is 43.9 Å². The molecule has 2 aliphatic heterocycles. The van der Waals surface area contributed by atoms with Crippen LogP contribution in [0.1, 0.15) is 52.4 Å². The first kappa shape index (κ1) is 19.4. The zero-order valence-electron chi connectivity index (χ0n) is 16.6. The van der Waals surface area contributed by atoms with Crippen molar-refractivity contribution in [3.05, 3.63) is 12.2 Å². The highest BCUT2D eigenvalue weighted by Gasteiger charge is 2.37. The zero-order valence-corrected chi connectivity index (χ0v) is 16.6. The first-order valence-corrected chi connectivity index (χ1v) is 10.5. The number of amides is 2. The fraction of sp³-hybridized carbons (Fsp3) is 0.810. The van der Waals surface area contributed by atoms with E-state index in [2.05, 4.69) is 16.4 Å². The third kappa shape index (κ3) is 4.67. The number of carbonyl (C=O) groups excluding carboxylic acids is 2. The molecule has 0 radical (unpaired) electrons. The van der Waals surface area contributed by atoms with Crippen LogP contribution >= 0.6 is 0 Å². The van der Waals surface area contributed by atoms with Crippen LogP contribution in [0.25, 0.3) is 0 Å². The number of rotatable bonds is 6. The molecular weight excluding hydrogens is 326 g/mol. The molecule has 3 fully saturated rings. The number of hydrogen-bond acceptors (Lipinski definition) is 3. The van der Waals surface area contributed by atoms with Crippen molar-refractivity contribution in [2.45, 2.75) is 58.4 Å². The number of likely N-dealkylation sites (N-methyl/N-ethyl adjacent to an activating group) is 1. The molecule has 5 nitrogen and oxygen atoms in total. The van der Waals surface area contributed by atoms with Crippen molar-refractivity contribution in [3.63, 3.8) is 0 Å². The molecule has 26 heavy (non-hydrogen) atoms. The van der Waals surface area contributed by atoms with E-state index in [9.17, 15) is 9.59 Å². The Morgan fingerprint density at radius 3 is 2.31 bits per heavy atom. The van der Waals surface area contributed by atoms with Crippen LogP contribution in [0.15, 0.2) is 12.2 Å². The first-order chi connectivity index (χ1) is 12.5. The van der Waals surface area contributed by atoms with Crippen LogP contribution in [0.3, 0.4) is 0 Å². The van der Waals surface area contributed by atoms with Gasteiger partial charge in [0.25, 0.3) is 0 Å². The maximum absolute atomic E-state index is 12.9. The van der Waals surface area contributed by atoms with Crippen LogP contribution in [0.5, 0.6) is 0 Å². The van der Waals surface area contributed by atoms with E-state index in [0.29, 0.717) is 30.3 Å². The Hall–Kier alpha value is -1.36. The minimum absolute atomic E-state index is 0.120. The van der Waals surface area contributed by atoms with Gasteiger partial charge in [0.15, 0.2) is 0 Å². The fourth-order valence-corrected chi connectivity index (χ4v) is 4.51. The molecule has 2 amide bonds. The minimum atomic E-state index is 0.120. The fourth-order valence-electron chi connectivity index (χ4n) is 4.51. The average Bonchev–Trinajstić information content (AvgIpc) is 3.50. The molecule has 0 N–H and O–H groups in total. The zero-order chi connectivity index (χ0) is 18.7. The summed E-state index contributed by atoms with van der Waals surface area (Å²) in [6, 6.07) is 0.532. The summed E-state index contributed by atoms with van der Waals surface area (Å²) < 4.78 is 0. The van der Waals surface area contributed by atoms with E-state index in [1.807, 2.05) is 18.7 Å². The van der Waals surface area contributed by atoms with Crippen molar-refractivity contribution in [3.8, 4) is 0 Å². The summed E-state index contributed by atoms with van der Waals surface area (Å²) >= 11 is 0. The Morgan fingerprint density at radius 2 is 1.73 bits per heavy atom. The lowest BCUT2D eigenvalue weighted by Crippen LogP contribution is -2.52. The van der Waals surface area contributed by atoms with E-state index < -0.39 is 0 Å². The molecule has 5 heteroatoms. The van der Waals surface area contributed by atoms with Crippen LogP contribution in [-0.2, 0) is 9.59 Å². The molecule has 1 saturated carbocycles. The summed E-state index contributed by atoms with van der Waals surface area (Å²) in [5.41, 5.74) is 1.04. The molecule has 0 aromatic carbocycles. The van der Waals surface area contributed by atoms with Gasteiger partial charge in [-0.2, -0.15) is 0 Å². The third-order valence-corrected chi connectivity index (χ3v) is 6.18. The molecule has 146 valence electrons. The average molecular weight is 362 g/mol. The van der Waals surface area contributed by atoms with Crippen LogP contribution in [0, 0.1) is 11.8 Å². The number of hydrogen-bond donors (Lipinski definition) is 0. The highest BCUT2D eigenvalue weighted by atomic mass is 16.2. The maximum atomic E-state index is 12.9. The molecule has 0 spiro atoms. The van der Waals surface area contributed by atoms with Crippen molar-refractivity contribution >= 4 is 11.8 Å². The smallest absolute Gasteiger partial charge is 0.227 e. The SMILES string of the molecule is C=C(C)CN(CC)C(=O)C1CCCN(C2CCN(C(=O)C3CC3)CC2)C1. The summed E-state index contributed by atoms with van der Waals surface area (Å²) in [5, 5.41) is 0. The number of likely N-dealkylation sites (tertiary alicyclic amines) is 2. The van der Waals surface area contributed by atoms with Crippen LogP contribution in [-0.4, -0.2) is 71.8 Å². The van der Waals surface area contributed by atoms with Gasteiger partial charge in [-0.15, -0.1) is 0 Å². The van der Waals surface area contributed by atoms with Gasteiger partial charge in [-0.05, 0) is 58.9 Å². The largest absolute Gasteiger partial charge is 0.342 e. The lowest BCUT2D eigenvalue weighted by molar-refractivity contribution is -0.137. The third-order valence-electron chi connectivity index (χ3n) is 6.18. The standard InChI is InChI=1S/C21H35N3O2/c1-4-22(14-16(2)3)21(26)18-6-5-11-24(15-18)19-9-12-23(13-10-19)20(25)17-7-8-17/h17-19H,2,4-15H2,1,3H3. The Labute approximate surface area is 158 Å². The van der Waals surface area contributed by atoms with Gasteiger partial charge in [0.1, 0.15) is 0 Å². The van der Waals surface area contributed by atoms with Crippen molar-refractivity contribution < 1.29 is 9.59 Å². The summed E-state index contributed by atoms with van der Waals surface area (Å²) in [4.78, 5) is 31.7. The van der Waals surface area contributed by atoms with Gasteiger partial charge in [-0.25, -0.2) is 0 Å². The lowest BCUT2D eigenvalue weighted by atomic mass is 9.92. The van der Waals surface area contributed by atoms with E-state index >= 15 is 0 Å². The van der Waals surface area contributed by atoms with Gasteiger partial charge in [0.2, 0.25) is 11.8 Å². The van der Waals surface area contributed by atoms with Gasteiger partial charge in [-0.1, -0.05) is 12.2 Å². The Kier molecular flexibility index (Phi) is 6.38. The van der Waals surface area contributed by atoms with Gasteiger partial charge in [0.05, 0.1) is 5.92 Å². The van der Waals surface area contributed by atoms with Gasteiger partial charge in [0, 0.05) is 44.7 Å². The van der Waals surface area contributed by atoms with E-state index in [0.717, 1.165) is 76.8 Å². The van der Waals surface area contributed by atoms with Gasteiger partial charge < -0.3 is 9.80 Å². The highest BCUT2D eigenvalue weighted by molar-refractivity contribution is 5.81. The maximum Gasteiger partial charge on any atom is 0.227 e. The Morgan fingerprint density at radius 1 is 1.04 bits per heavy atom. The Bertz CT molecular complexity index is 535.